The van der Waals surface area contributed by atoms with Crippen molar-refractivity contribution in [3.05, 3.63) is 0 Å². The van der Waals surface area contributed by atoms with Crippen LogP contribution >= 0.6 is 0 Å². The highest BCUT2D eigenvalue weighted by Crippen LogP contribution is 2.34. The zero-order valence-electron chi connectivity index (χ0n) is 6.69. The predicted molar refractivity (Wildman–Crippen MR) is 42.0 cm³/mol. The second kappa shape index (κ2) is 3.35. The first kappa shape index (κ1) is 8.02. The summed E-state index contributed by atoms with van der Waals surface area (Å²) in [5.74, 6) is 0. The van der Waals surface area contributed by atoms with Crippen LogP contribution in [0.2, 0.25) is 0 Å². The Morgan fingerprint density at radius 1 is 1.50 bits per heavy atom. The molecule has 0 aromatic heterocycles. The molecule has 0 saturated heterocycles. The van der Waals surface area contributed by atoms with E-state index in [4.69, 9.17) is 5.11 Å². The molecule has 1 aliphatic carbocycles. The summed E-state index contributed by atoms with van der Waals surface area (Å²) in [6.07, 6.45) is 4.76. The molecule has 1 saturated carbocycles. The second-order valence-corrected chi connectivity index (χ2v) is 3.14. The van der Waals surface area contributed by atoms with Crippen molar-refractivity contribution in [1.82, 2.24) is 5.32 Å². The van der Waals surface area contributed by atoms with E-state index in [-0.39, 0.29) is 0 Å². The minimum absolute atomic E-state index is 0.323. The summed E-state index contributed by atoms with van der Waals surface area (Å²) >= 11 is 0. The molecule has 10 heavy (non-hydrogen) atoms. The maximum atomic E-state index is 8.75. The zero-order chi connectivity index (χ0) is 7.45. The van der Waals surface area contributed by atoms with E-state index in [9.17, 15) is 0 Å². The molecular formula is C8H17NO. The molecule has 0 heterocycles. The quantitative estimate of drug-likeness (QED) is 0.613. The molecule has 1 aliphatic rings. The van der Waals surface area contributed by atoms with E-state index < -0.39 is 0 Å². The van der Waals surface area contributed by atoms with Crippen molar-refractivity contribution in [2.24, 2.45) is 0 Å². The van der Waals surface area contributed by atoms with E-state index in [0.717, 1.165) is 13.0 Å². The molecule has 0 atom stereocenters. The molecule has 1 rings (SSSR count). The summed E-state index contributed by atoms with van der Waals surface area (Å²) in [6.45, 7) is 3.48. The van der Waals surface area contributed by atoms with Crippen molar-refractivity contribution in [2.75, 3.05) is 13.2 Å². The van der Waals surface area contributed by atoms with Gasteiger partial charge in [-0.05, 0) is 32.2 Å². The minimum Gasteiger partial charge on any atom is -0.396 e. The third-order valence-corrected chi connectivity index (χ3v) is 2.45. The van der Waals surface area contributed by atoms with Gasteiger partial charge >= 0.3 is 0 Å². The second-order valence-electron chi connectivity index (χ2n) is 3.14. The first-order valence-electron chi connectivity index (χ1n) is 4.19. The fraction of sp³-hybridized carbons (Fsp3) is 1.00. The summed E-state index contributed by atoms with van der Waals surface area (Å²) < 4.78 is 0. The van der Waals surface area contributed by atoms with Crippen LogP contribution in [-0.2, 0) is 0 Å². The normalized spacial score (nSPS) is 22.2. The van der Waals surface area contributed by atoms with Gasteiger partial charge in [0, 0.05) is 12.1 Å². The van der Waals surface area contributed by atoms with Crippen LogP contribution in [0.15, 0.2) is 0 Å². The Balaban J connectivity index is 2.27. The summed E-state index contributed by atoms with van der Waals surface area (Å²) in [6, 6.07) is 0. The topological polar surface area (TPSA) is 32.3 Å². The van der Waals surface area contributed by atoms with Gasteiger partial charge < -0.3 is 10.4 Å². The number of rotatable bonds is 4. The van der Waals surface area contributed by atoms with Crippen molar-refractivity contribution >= 4 is 0 Å². The Morgan fingerprint density at radius 2 is 2.20 bits per heavy atom. The van der Waals surface area contributed by atoms with E-state index in [2.05, 4.69) is 12.2 Å². The van der Waals surface area contributed by atoms with Crippen molar-refractivity contribution < 1.29 is 5.11 Å². The third kappa shape index (κ3) is 1.50. The smallest absolute Gasteiger partial charge is 0.0448 e. The Morgan fingerprint density at radius 3 is 2.50 bits per heavy atom. The summed E-state index contributed by atoms with van der Waals surface area (Å²) in [5, 5.41) is 12.2. The van der Waals surface area contributed by atoms with Crippen LogP contribution in [-0.4, -0.2) is 23.8 Å². The number of nitrogens with one attached hydrogen (secondary N) is 1. The molecule has 2 N–H and O–H groups in total. The maximum absolute atomic E-state index is 8.75. The minimum atomic E-state index is 0.323. The fourth-order valence-electron chi connectivity index (χ4n) is 1.71. The van der Waals surface area contributed by atoms with Crippen LogP contribution in [0.1, 0.15) is 32.6 Å². The number of aliphatic hydroxyl groups is 1. The van der Waals surface area contributed by atoms with E-state index in [1.165, 1.54) is 19.3 Å². The lowest BCUT2D eigenvalue weighted by Gasteiger charge is -2.42. The Labute approximate surface area is 62.6 Å². The number of aliphatic hydroxyl groups excluding tert-OH is 1. The Hall–Kier alpha value is -0.0800. The number of hydrogen-bond donors (Lipinski definition) is 2. The summed E-state index contributed by atoms with van der Waals surface area (Å²) in [4.78, 5) is 0. The van der Waals surface area contributed by atoms with Crippen molar-refractivity contribution in [1.29, 1.82) is 0 Å². The van der Waals surface area contributed by atoms with Gasteiger partial charge in [0.25, 0.3) is 0 Å². The highest BCUT2D eigenvalue weighted by atomic mass is 16.3. The lowest BCUT2D eigenvalue weighted by molar-refractivity contribution is 0.134. The van der Waals surface area contributed by atoms with Crippen LogP contribution in [0.3, 0.4) is 0 Å². The zero-order valence-corrected chi connectivity index (χ0v) is 6.69. The van der Waals surface area contributed by atoms with Crippen molar-refractivity contribution in [3.63, 3.8) is 0 Å². The molecular weight excluding hydrogens is 126 g/mol. The van der Waals surface area contributed by atoms with Crippen LogP contribution in [0.5, 0.6) is 0 Å². The maximum Gasteiger partial charge on any atom is 0.0448 e. The summed E-state index contributed by atoms with van der Waals surface area (Å²) in [7, 11) is 0. The lowest BCUT2D eigenvalue weighted by Crippen LogP contribution is -2.51. The average molecular weight is 143 g/mol. The molecule has 60 valence electrons. The highest BCUT2D eigenvalue weighted by molar-refractivity contribution is 4.94. The van der Waals surface area contributed by atoms with Gasteiger partial charge in [0.15, 0.2) is 0 Å². The van der Waals surface area contributed by atoms with Crippen LogP contribution < -0.4 is 5.32 Å². The van der Waals surface area contributed by atoms with E-state index in [0.29, 0.717) is 12.1 Å². The van der Waals surface area contributed by atoms with E-state index in [1.54, 1.807) is 0 Å². The molecule has 1 fully saturated rings. The van der Waals surface area contributed by atoms with Crippen LogP contribution in [0.4, 0.5) is 0 Å². The molecule has 2 heteroatoms. The Kier molecular flexibility index (Phi) is 2.69. The molecule has 0 aliphatic heterocycles. The van der Waals surface area contributed by atoms with Gasteiger partial charge in [-0.25, -0.2) is 0 Å². The van der Waals surface area contributed by atoms with Gasteiger partial charge in [-0.1, -0.05) is 6.92 Å². The molecule has 0 aromatic carbocycles. The molecule has 2 nitrogen and oxygen atoms in total. The monoisotopic (exact) mass is 143 g/mol. The fourth-order valence-corrected chi connectivity index (χ4v) is 1.71. The average Bonchev–Trinajstić information content (AvgIpc) is 1.84. The van der Waals surface area contributed by atoms with E-state index in [1.807, 2.05) is 0 Å². The largest absolute Gasteiger partial charge is 0.396 e. The van der Waals surface area contributed by atoms with Gasteiger partial charge in [0.2, 0.25) is 0 Å². The van der Waals surface area contributed by atoms with Gasteiger partial charge in [0.1, 0.15) is 0 Å². The molecule has 0 aromatic rings. The standard InChI is InChI=1S/C8H17NO/c1-2-9-8(6-7-10)4-3-5-8/h9-10H,2-7H2,1H3. The van der Waals surface area contributed by atoms with E-state index >= 15 is 0 Å². The highest BCUT2D eigenvalue weighted by Gasteiger charge is 2.34. The molecule has 0 bridgehead atoms. The molecule has 0 spiro atoms. The van der Waals surface area contributed by atoms with Crippen LogP contribution in [0, 0.1) is 0 Å². The van der Waals surface area contributed by atoms with Crippen LogP contribution in [0.25, 0.3) is 0 Å². The first-order chi connectivity index (χ1) is 4.83. The Bertz CT molecular complexity index is 91.4. The molecule has 0 radical (unpaired) electrons. The molecule has 0 unspecified atom stereocenters. The lowest BCUT2D eigenvalue weighted by atomic mass is 9.74. The van der Waals surface area contributed by atoms with Gasteiger partial charge in [-0.15, -0.1) is 0 Å². The van der Waals surface area contributed by atoms with Crippen molar-refractivity contribution in [2.45, 2.75) is 38.1 Å². The van der Waals surface area contributed by atoms with Gasteiger partial charge in [-0.3, -0.25) is 0 Å². The van der Waals surface area contributed by atoms with Gasteiger partial charge in [0.05, 0.1) is 0 Å². The summed E-state index contributed by atoms with van der Waals surface area (Å²) in [5.41, 5.74) is 0.323. The first-order valence-corrected chi connectivity index (χ1v) is 4.19. The van der Waals surface area contributed by atoms with Crippen molar-refractivity contribution in [3.8, 4) is 0 Å². The number of hydrogen-bond acceptors (Lipinski definition) is 2. The SMILES string of the molecule is CCNC1(CCO)CCC1. The molecule has 0 amide bonds. The predicted octanol–water partition coefficient (Wildman–Crippen LogP) is 0.901. The third-order valence-electron chi connectivity index (χ3n) is 2.45. The van der Waals surface area contributed by atoms with Gasteiger partial charge in [-0.2, -0.15) is 0 Å².